The highest BCUT2D eigenvalue weighted by Gasteiger charge is 2.38. The number of carbonyl (C=O) groups is 1. The van der Waals surface area contributed by atoms with E-state index in [1.165, 1.54) is 7.11 Å². The third-order valence-electron chi connectivity index (χ3n) is 2.60. The Labute approximate surface area is 127 Å². The van der Waals surface area contributed by atoms with Crippen molar-refractivity contribution in [3.8, 4) is 0 Å². The summed E-state index contributed by atoms with van der Waals surface area (Å²) in [6.07, 6.45) is 0.0944. The Balaban J connectivity index is 3.26. The minimum absolute atomic E-state index is 0.0771. The lowest BCUT2D eigenvalue weighted by Gasteiger charge is -2.33. The van der Waals surface area contributed by atoms with E-state index in [-0.39, 0.29) is 6.79 Å². The zero-order valence-corrected chi connectivity index (χ0v) is 12.8. The Bertz CT molecular complexity index is 470. The number of rotatable bonds is 7. The lowest BCUT2D eigenvalue weighted by Crippen LogP contribution is -2.38. The van der Waals surface area contributed by atoms with Gasteiger partial charge in [0, 0.05) is 24.1 Å². The lowest BCUT2D eigenvalue weighted by atomic mass is 10.0. The maximum atomic E-state index is 11.2. The summed E-state index contributed by atoms with van der Waals surface area (Å²) < 4.78 is 15.6. The van der Waals surface area contributed by atoms with Gasteiger partial charge in [-0.25, -0.2) is 4.79 Å². The van der Waals surface area contributed by atoms with Crippen molar-refractivity contribution in [3.05, 3.63) is 33.8 Å². The molecular formula is C13H17Cl2NO4. The highest BCUT2D eigenvalue weighted by Crippen LogP contribution is 2.38. The molecule has 1 atom stereocenters. The fraction of sp³-hybridized carbons (Fsp3) is 0.462. The van der Waals surface area contributed by atoms with Gasteiger partial charge in [0.05, 0.1) is 5.02 Å². The van der Waals surface area contributed by atoms with Crippen LogP contribution in [0, 0.1) is 0 Å². The molecule has 0 radical (unpaired) electrons. The predicted octanol–water partition coefficient (Wildman–Crippen LogP) is 3.66. The van der Waals surface area contributed by atoms with Crippen molar-refractivity contribution in [1.82, 2.24) is 0 Å². The summed E-state index contributed by atoms with van der Waals surface area (Å²) in [6.45, 7) is 1.84. The van der Waals surface area contributed by atoms with E-state index in [1.807, 2.05) is 6.92 Å². The Hall–Kier alpha value is -1.01. The van der Waals surface area contributed by atoms with Crippen LogP contribution in [0.3, 0.4) is 0 Å². The average Bonchev–Trinajstić information content (AvgIpc) is 2.35. The maximum absolute atomic E-state index is 11.2. The van der Waals surface area contributed by atoms with E-state index in [1.54, 1.807) is 18.2 Å². The predicted molar refractivity (Wildman–Crippen MR) is 76.7 cm³/mol. The summed E-state index contributed by atoms with van der Waals surface area (Å²) in [5, 5.41) is 0.790. The molecule has 0 aliphatic rings. The first-order valence-corrected chi connectivity index (χ1v) is 6.77. The van der Waals surface area contributed by atoms with Crippen LogP contribution in [0.5, 0.6) is 0 Å². The topological polar surface area (TPSA) is 70.8 Å². The summed E-state index contributed by atoms with van der Waals surface area (Å²) in [5.74, 6) is -1.39. The van der Waals surface area contributed by atoms with Gasteiger partial charge < -0.3 is 19.9 Å². The van der Waals surface area contributed by atoms with Crippen molar-refractivity contribution < 1.29 is 19.0 Å². The molecule has 2 N–H and O–H groups in total. The van der Waals surface area contributed by atoms with E-state index in [2.05, 4.69) is 0 Å². The minimum atomic E-state index is -1.39. The van der Waals surface area contributed by atoms with E-state index in [9.17, 15) is 4.79 Å². The monoisotopic (exact) mass is 321 g/mol. The van der Waals surface area contributed by atoms with E-state index < -0.39 is 11.9 Å². The molecular weight excluding hydrogens is 305 g/mol. The van der Waals surface area contributed by atoms with E-state index >= 15 is 0 Å². The number of halogens is 2. The van der Waals surface area contributed by atoms with Crippen LogP contribution >= 0.6 is 23.2 Å². The molecule has 0 saturated heterocycles. The van der Waals surface area contributed by atoms with Crippen LogP contribution in [0.4, 0.5) is 4.79 Å². The fourth-order valence-corrected chi connectivity index (χ4v) is 2.42. The summed E-state index contributed by atoms with van der Waals surface area (Å²) >= 11 is 12.0. The number of hydrogen-bond donors (Lipinski definition) is 1. The highest BCUT2D eigenvalue weighted by molar-refractivity contribution is 6.35. The number of methoxy groups -OCH3 is 1. The van der Waals surface area contributed by atoms with Gasteiger partial charge in [-0.2, -0.15) is 0 Å². The van der Waals surface area contributed by atoms with Crippen LogP contribution in [0.15, 0.2) is 18.2 Å². The molecule has 1 aromatic rings. The number of primary amides is 1. The van der Waals surface area contributed by atoms with Gasteiger partial charge >= 0.3 is 6.09 Å². The van der Waals surface area contributed by atoms with E-state index in [4.69, 9.17) is 43.1 Å². The summed E-state index contributed by atoms with van der Waals surface area (Å²) in [4.78, 5) is 11.2. The van der Waals surface area contributed by atoms with Gasteiger partial charge in [0.25, 0.3) is 0 Å². The van der Waals surface area contributed by atoms with Crippen LogP contribution in [0.2, 0.25) is 10.0 Å². The van der Waals surface area contributed by atoms with Crippen molar-refractivity contribution in [2.24, 2.45) is 5.73 Å². The molecule has 20 heavy (non-hydrogen) atoms. The molecule has 0 saturated carbocycles. The smallest absolute Gasteiger partial charge is 0.407 e. The van der Waals surface area contributed by atoms with Crippen molar-refractivity contribution in [3.63, 3.8) is 0 Å². The molecule has 7 heteroatoms. The first-order chi connectivity index (χ1) is 9.45. The van der Waals surface area contributed by atoms with Crippen LogP contribution in [0.25, 0.3) is 0 Å². The van der Waals surface area contributed by atoms with Crippen molar-refractivity contribution in [2.45, 2.75) is 25.6 Å². The third kappa shape index (κ3) is 4.24. The Morgan fingerprint density at radius 1 is 1.40 bits per heavy atom. The quantitative estimate of drug-likeness (QED) is 0.778. The van der Waals surface area contributed by atoms with Gasteiger partial charge in [0.2, 0.25) is 5.79 Å². The molecule has 112 valence electrons. The molecule has 1 aromatic carbocycles. The second-order valence-corrected chi connectivity index (χ2v) is 4.94. The number of amides is 1. The first-order valence-electron chi connectivity index (χ1n) is 6.02. The molecule has 1 amide bonds. The molecule has 0 heterocycles. The van der Waals surface area contributed by atoms with Gasteiger partial charge in [-0.05, 0) is 24.6 Å². The summed E-state index contributed by atoms with van der Waals surface area (Å²) in [7, 11) is 1.46. The van der Waals surface area contributed by atoms with Gasteiger partial charge in [0.1, 0.15) is 0 Å². The zero-order chi connectivity index (χ0) is 15.2. The Morgan fingerprint density at radius 2 is 2.10 bits per heavy atom. The van der Waals surface area contributed by atoms with Gasteiger partial charge in [-0.3, -0.25) is 0 Å². The molecule has 0 aliphatic carbocycles. The van der Waals surface area contributed by atoms with Gasteiger partial charge in [-0.1, -0.05) is 30.1 Å². The van der Waals surface area contributed by atoms with Gasteiger partial charge in [0.15, 0.2) is 6.79 Å². The second kappa shape index (κ2) is 7.69. The van der Waals surface area contributed by atoms with Crippen LogP contribution in [-0.4, -0.2) is 20.0 Å². The first kappa shape index (κ1) is 17.0. The van der Waals surface area contributed by atoms with Crippen LogP contribution in [-0.2, 0) is 20.0 Å². The number of nitrogens with two attached hydrogens (primary N) is 1. The number of carbonyl (C=O) groups excluding carboxylic acids is 1. The summed E-state index contributed by atoms with van der Waals surface area (Å²) in [5.41, 5.74) is 5.62. The molecule has 0 spiro atoms. The molecule has 0 bridgehead atoms. The third-order valence-corrected chi connectivity index (χ3v) is 3.14. The van der Waals surface area contributed by atoms with Crippen LogP contribution < -0.4 is 5.73 Å². The number of benzene rings is 1. The van der Waals surface area contributed by atoms with E-state index in [0.29, 0.717) is 28.5 Å². The number of ether oxygens (including phenoxy) is 3. The minimum Gasteiger partial charge on any atom is -0.412 e. The van der Waals surface area contributed by atoms with Crippen molar-refractivity contribution in [1.29, 1.82) is 0 Å². The highest BCUT2D eigenvalue weighted by atomic mass is 35.5. The van der Waals surface area contributed by atoms with Gasteiger partial charge in [-0.15, -0.1) is 0 Å². The molecule has 0 aromatic heterocycles. The van der Waals surface area contributed by atoms with Crippen molar-refractivity contribution >= 4 is 29.3 Å². The molecule has 5 nitrogen and oxygen atoms in total. The molecule has 0 fully saturated rings. The fourth-order valence-electron chi connectivity index (χ4n) is 1.86. The Morgan fingerprint density at radius 3 is 2.60 bits per heavy atom. The second-order valence-electron chi connectivity index (χ2n) is 4.10. The largest absolute Gasteiger partial charge is 0.412 e. The van der Waals surface area contributed by atoms with Crippen molar-refractivity contribution in [2.75, 3.05) is 13.9 Å². The lowest BCUT2D eigenvalue weighted by molar-refractivity contribution is -0.251. The average molecular weight is 322 g/mol. The standard InChI is InChI=1S/C13H17Cl2NO4/c1-3-6-13(19-8-18-2,20-12(16)17)10-5-4-9(14)7-11(10)15/h4-5,7H,3,6,8H2,1-2H3,(H2,16,17). The molecule has 1 unspecified atom stereocenters. The number of hydrogen-bond acceptors (Lipinski definition) is 4. The summed E-state index contributed by atoms with van der Waals surface area (Å²) in [6, 6.07) is 4.82. The molecule has 0 aliphatic heterocycles. The zero-order valence-electron chi connectivity index (χ0n) is 11.3. The van der Waals surface area contributed by atoms with E-state index in [0.717, 1.165) is 0 Å². The normalized spacial score (nSPS) is 13.8. The SMILES string of the molecule is CCCC(OCOC)(OC(N)=O)c1ccc(Cl)cc1Cl. The van der Waals surface area contributed by atoms with Crippen LogP contribution in [0.1, 0.15) is 25.3 Å². The Kier molecular flexibility index (Phi) is 6.55. The molecule has 1 rings (SSSR count). The maximum Gasteiger partial charge on any atom is 0.407 e.